The standard InChI is InChI=1S/C15H24N2O5S2/c1-14(2,3)12(19)21-8-22-13(20)15(6-23-4)5-17-10(18)9(16)11(17)24-7-15/h9,11H,5-8,16H2,1-4H3/t9?,11-,15?/m1/s1. The predicted octanol–water partition coefficient (Wildman–Crippen LogP) is 0.668. The van der Waals surface area contributed by atoms with Crippen LogP contribution < -0.4 is 5.73 Å². The fraction of sp³-hybridized carbons (Fsp3) is 0.800. The van der Waals surface area contributed by atoms with Gasteiger partial charge in [-0.2, -0.15) is 11.8 Å². The van der Waals surface area contributed by atoms with Crippen molar-refractivity contribution in [2.75, 3.05) is 31.1 Å². The number of esters is 2. The number of carbonyl (C=O) groups excluding carboxylic acids is 3. The highest BCUT2D eigenvalue weighted by atomic mass is 32.2. The lowest BCUT2D eigenvalue weighted by molar-refractivity contribution is -0.179. The topological polar surface area (TPSA) is 98.9 Å². The molecule has 0 aliphatic carbocycles. The van der Waals surface area contributed by atoms with Crippen molar-refractivity contribution in [3.05, 3.63) is 0 Å². The molecule has 7 nitrogen and oxygen atoms in total. The summed E-state index contributed by atoms with van der Waals surface area (Å²) in [4.78, 5) is 37.8. The average Bonchev–Trinajstić information content (AvgIpc) is 2.53. The molecule has 2 rings (SSSR count). The molecule has 0 aromatic heterocycles. The number of thioether (sulfide) groups is 2. The molecule has 2 unspecified atom stereocenters. The summed E-state index contributed by atoms with van der Waals surface area (Å²) in [5.41, 5.74) is 4.32. The number of rotatable bonds is 5. The van der Waals surface area contributed by atoms with Gasteiger partial charge in [-0.15, -0.1) is 11.8 Å². The van der Waals surface area contributed by atoms with Gasteiger partial charge in [0.1, 0.15) is 16.8 Å². The summed E-state index contributed by atoms with van der Waals surface area (Å²) in [6.07, 6.45) is 1.90. The summed E-state index contributed by atoms with van der Waals surface area (Å²) in [6.45, 7) is 5.06. The van der Waals surface area contributed by atoms with E-state index in [-0.39, 0.29) is 11.3 Å². The smallest absolute Gasteiger partial charge is 0.318 e. The van der Waals surface area contributed by atoms with Crippen molar-refractivity contribution in [1.29, 1.82) is 0 Å². The van der Waals surface area contributed by atoms with Gasteiger partial charge in [0, 0.05) is 18.1 Å². The minimum absolute atomic E-state index is 0.0565. The van der Waals surface area contributed by atoms with Crippen molar-refractivity contribution in [3.8, 4) is 0 Å². The first-order valence-electron chi connectivity index (χ1n) is 7.63. The van der Waals surface area contributed by atoms with E-state index < -0.39 is 35.6 Å². The maximum absolute atomic E-state index is 12.6. The van der Waals surface area contributed by atoms with E-state index in [0.29, 0.717) is 18.1 Å². The lowest BCUT2D eigenvalue weighted by Crippen LogP contribution is -2.72. The Morgan fingerprint density at radius 2 is 2.08 bits per heavy atom. The molecule has 2 heterocycles. The number of β-lactam (4-membered cyclic amide) rings is 1. The summed E-state index contributed by atoms with van der Waals surface area (Å²) in [5, 5.41) is -0.0565. The molecule has 2 aliphatic rings. The number of hydrogen-bond donors (Lipinski definition) is 1. The number of ether oxygens (including phenoxy) is 2. The third-order valence-electron chi connectivity index (χ3n) is 4.03. The van der Waals surface area contributed by atoms with Gasteiger partial charge < -0.3 is 20.1 Å². The van der Waals surface area contributed by atoms with Crippen molar-refractivity contribution in [3.63, 3.8) is 0 Å². The summed E-state index contributed by atoms with van der Waals surface area (Å²) in [5.74, 6) is 0.0402. The SMILES string of the molecule is CSCC1(C(=O)OCOC(=O)C(C)(C)C)CS[C@@H]2C(N)C(=O)N2C1. The zero-order chi connectivity index (χ0) is 18.1. The van der Waals surface area contributed by atoms with E-state index in [1.54, 1.807) is 25.7 Å². The largest absolute Gasteiger partial charge is 0.427 e. The van der Waals surface area contributed by atoms with Crippen LogP contribution in [0.4, 0.5) is 0 Å². The monoisotopic (exact) mass is 376 g/mol. The number of amides is 1. The Hall–Kier alpha value is -0.930. The second-order valence-corrected chi connectivity index (χ2v) is 9.11. The normalized spacial score (nSPS) is 29.5. The van der Waals surface area contributed by atoms with Gasteiger partial charge >= 0.3 is 11.9 Å². The fourth-order valence-electron chi connectivity index (χ4n) is 2.58. The highest BCUT2D eigenvalue weighted by Gasteiger charge is 2.56. The summed E-state index contributed by atoms with van der Waals surface area (Å²) >= 11 is 3.02. The maximum atomic E-state index is 12.6. The van der Waals surface area contributed by atoms with Crippen molar-refractivity contribution >= 4 is 41.4 Å². The van der Waals surface area contributed by atoms with Gasteiger partial charge in [0.05, 0.1) is 5.41 Å². The first kappa shape index (κ1) is 19.4. The second kappa shape index (κ2) is 7.13. The van der Waals surface area contributed by atoms with Crippen LogP contribution >= 0.6 is 23.5 Å². The molecule has 2 aliphatic heterocycles. The summed E-state index contributed by atoms with van der Waals surface area (Å²) in [7, 11) is 0. The molecule has 1 amide bonds. The Bertz CT molecular complexity index is 536. The Balaban J connectivity index is 1.96. The summed E-state index contributed by atoms with van der Waals surface area (Å²) < 4.78 is 10.2. The van der Waals surface area contributed by atoms with Crippen molar-refractivity contribution in [1.82, 2.24) is 4.90 Å². The van der Waals surface area contributed by atoms with Crippen molar-refractivity contribution < 1.29 is 23.9 Å². The van der Waals surface area contributed by atoms with E-state index in [1.807, 2.05) is 6.26 Å². The van der Waals surface area contributed by atoms with E-state index in [4.69, 9.17) is 15.2 Å². The maximum Gasteiger partial charge on any atom is 0.318 e. The third kappa shape index (κ3) is 3.67. The van der Waals surface area contributed by atoms with Crippen molar-refractivity contribution in [2.45, 2.75) is 32.2 Å². The number of hydrogen-bond acceptors (Lipinski definition) is 8. The van der Waals surface area contributed by atoms with E-state index in [9.17, 15) is 14.4 Å². The van der Waals surface area contributed by atoms with Crippen LogP contribution in [0, 0.1) is 10.8 Å². The third-order valence-corrected chi connectivity index (χ3v) is 6.48. The molecule has 9 heteroatoms. The molecule has 0 radical (unpaired) electrons. The van der Waals surface area contributed by atoms with Gasteiger partial charge in [0.15, 0.2) is 0 Å². The van der Waals surface area contributed by atoms with Crippen LogP contribution in [0.15, 0.2) is 0 Å². The van der Waals surface area contributed by atoms with Gasteiger partial charge in [-0.05, 0) is 27.0 Å². The second-order valence-electron chi connectivity index (χ2n) is 7.14. The highest BCUT2D eigenvalue weighted by Crippen LogP contribution is 2.43. The molecule has 0 bridgehead atoms. The molecule has 3 atom stereocenters. The van der Waals surface area contributed by atoms with Crippen LogP contribution in [0.2, 0.25) is 0 Å². The molecule has 2 N–H and O–H groups in total. The van der Waals surface area contributed by atoms with E-state index in [1.165, 1.54) is 23.5 Å². The van der Waals surface area contributed by atoms with E-state index in [2.05, 4.69) is 0 Å². The van der Waals surface area contributed by atoms with Gasteiger partial charge in [0.25, 0.3) is 0 Å². The zero-order valence-corrected chi connectivity index (χ0v) is 16.0. The van der Waals surface area contributed by atoms with Crippen LogP contribution in [-0.4, -0.2) is 65.3 Å². The van der Waals surface area contributed by atoms with Gasteiger partial charge in [0.2, 0.25) is 12.7 Å². The highest BCUT2D eigenvalue weighted by molar-refractivity contribution is 8.00. The molecular formula is C15H24N2O5S2. The molecular weight excluding hydrogens is 352 g/mol. The minimum atomic E-state index is -0.801. The van der Waals surface area contributed by atoms with Crippen molar-refractivity contribution in [2.24, 2.45) is 16.6 Å². The molecule has 0 saturated carbocycles. The lowest BCUT2D eigenvalue weighted by Gasteiger charge is -2.53. The first-order valence-corrected chi connectivity index (χ1v) is 10.1. The molecule has 0 spiro atoms. The Kier molecular flexibility index (Phi) is 5.76. The van der Waals surface area contributed by atoms with Gasteiger partial charge in [-0.3, -0.25) is 14.4 Å². The first-order chi connectivity index (χ1) is 11.1. The van der Waals surface area contributed by atoms with E-state index in [0.717, 1.165) is 0 Å². The molecule has 0 aromatic carbocycles. The van der Waals surface area contributed by atoms with Crippen LogP contribution in [-0.2, 0) is 23.9 Å². The Morgan fingerprint density at radius 3 is 2.67 bits per heavy atom. The zero-order valence-electron chi connectivity index (χ0n) is 14.4. The lowest BCUT2D eigenvalue weighted by atomic mass is 9.89. The number of fused-ring (bicyclic) bond motifs is 1. The van der Waals surface area contributed by atoms with Crippen LogP contribution in [0.1, 0.15) is 20.8 Å². The molecule has 2 fully saturated rings. The van der Waals surface area contributed by atoms with Gasteiger partial charge in [-0.25, -0.2) is 0 Å². The minimum Gasteiger partial charge on any atom is -0.427 e. The van der Waals surface area contributed by atoms with E-state index >= 15 is 0 Å². The Morgan fingerprint density at radius 1 is 1.42 bits per heavy atom. The molecule has 136 valence electrons. The predicted molar refractivity (Wildman–Crippen MR) is 93.3 cm³/mol. The fourth-order valence-corrected chi connectivity index (χ4v) is 5.06. The van der Waals surface area contributed by atoms with Crippen LogP contribution in [0.3, 0.4) is 0 Å². The quantitative estimate of drug-likeness (QED) is 0.425. The molecule has 0 aromatic rings. The van der Waals surface area contributed by atoms with Crippen LogP contribution in [0.5, 0.6) is 0 Å². The summed E-state index contributed by atoms with van der Waals surface area (Å²) in [6, 6.07) is -0.481. The number of nitrogens with two attached hydrogens (primary N) is 1. The molecule has 2 saturated heterocycles. The van der Waals surface area contributed by atoms with Crippen LogP contribution in [0.25, 0.3) is 0 Å². The number of nitrogens with zero attached hydrogens (tertiary/aromatic N) is 1. The Labute approximate surface area is 150 Å². The van der Waals surface area contributed by atoms with Gasteiger partial charge in [-0.1, -0.05) is 0 Å². The number of carbonyl (C=O) groups is 3. The molecule has 24 heavy (non-hydrogen) atoms. The average molecular weight is 377 g/mol.